The van der Waals surface area contributed by atoms with E-state index in [1.54, 1.807) is 0 Å². The first-order chi connectivity index (χ1) is 11.4. The number of hydrogen-bond donors (Lipinski definition) is 0. The van der Waals surface area contributed by atoms with Crippen LogP contribution in [0.15, 0.2) is 60.7 Å². The molecule has 1 fully saturated rings. The maximum Gasteiger partial charge on any atom is 0.0865 e. The quantitative estimate of drug-likeness (QED) is 0.748. The lowest BCUT2D eigenvalue weighted by Crippen LogP contribution is -2.33. The zero-order valence-electron chi connectivity index (χ0n) is 13.9. The molecule has 1 atom stereocenters. The summed E-state index contributed by atoms with van der Waals surface area (Å²) in [5.74, 6) is 0. The molecule has 0 bridgehead atoms. The van der Waals surface area contributed by atoms with Crippen molar-refractivity contribution in [1.82, 2.24) is 4.90 Å². The molecule has 0 aliphatic carbocycles. The lowest BCUT2D eigenvalue weighted by atomic mass is 10.0. The molecule has 1 heterocycles. The highest BCUT2D eigenvalue weighted by Gasteiger charge is 2.14. The summed E-state index contributed by atoms with van der Waals surface area (Å²) in [6, 6.07) is 21.3. The van der Waals surface area contributed by atoms with Gasteiger partial charge in [-0.25, -0.2) is 0 Å². The number of piperidine rings is 1. The standard InChI is InChI=1S/C21H27NO/c1-4-10-19(11-5-1)18-21(20-12-6-2-7-13-20)23-17-16-22-14-8-3-9-15-22/h1-2,4-7,10-13,21H,3,8-9,14-18H2. The maximum atomic E-state index is 6.29. The predicted octanol–water partition coefficient (Wildman–Crippen LogP) is 4.47. The Kier molecular flexibility index (Phi) is 6.25. The van der Waals surface area contributed by atoms with Gasteiger partial charge in [0.1, 0.15) is 0 Å². The Morgan fingerprint density at radius 1 is 0.826 bits per heavy atom. The maximum absolute atomic E-state index is 6.29. The van der Waals surface area contributed by atoms with E-state index in [-0.39, 0.29) is 6.10 Å². The minimum atomic E-state index is 0.142. The van der Waals surface area contributed by atoms with Crippen LogP contribution in [0.2, 0.25) is 0 Å². The second-order valence-corrected chi connectivity index (χ2v) is 6.36. The molecule has 2 nitrogen and oxygen atoms in total. The van der Waals surface area contributed by atoms with E-state index in [4.69, 9.17) is 4.74 Å². The number of hydrogen-bond acceptors (Lipinski definition) is 2. The lowest BCUT2D eigenvalue weighted by Gasteiger charge is -2.27. The Balaban J connectivity index is 1.58. The highest BCUT2D eigenvalue weighted by molar-refractivity contribution is 5.22. The summed E-state index contributed by atoms with van der Waals surface area (Å²) in [7, 11) is 0. The van der Waals surface area contributed by atoms with Gasteiger partial charge in [0, 0.05) is 13.0 Å². The summed E-state index contributed by atoms with van der Waals surface area (Å²) >= 11 is 0. The van der Waals surface area contributed by atoms with E-state index < -0.39 is 0 Å². The van der Waals surface area contributed by atoms with Crippen molar-refractivity contribution in [3.05, 3.63) is 71.8 Å². The monoisotopic (exact) mass is 309 g/mol. The van der Waals surface area contributed by atoms with Gasteiger partial charge in [0.2, 0.25) is 0 Å². The van der Waals surface area contributed by atoms with Gasteiger partial charge >= 0.3 is 0 Å². The van der Waals surface area contributed by atoms with Crippen molar-refractivity contribution in [3.8, 4) is 0 Å². The van der Waals surface area contributed by atoms with Crippen LogP contribution in [0.3, 0.4) is 0 Å². The highest BCUT2D eigenvalue weighted by atomic mass is 16.5. The van der Waals surface area contributed by atoms with Crippen molar-refractivity contribution in [2.45, 2.75) is 31.8 Å². The van der Waals surface area contributed by atoms with Crippen molar-refractivity contribution >= 4 is 0 Å². The van der Waals surface area contributed by atoms with E-state index in [2.05, 4.69) is 65.6 Å². The van der Waals surface area contributed by atoms with Crippen molar-refractivity contribution in [2.24, 2.45) is 0 Å². The molecule has 1 unspecified atom stereocenters. The Bertz CT molecular complexity index is 549. The van der Waals surface area contributed by atoms with E-state index >= 15 is 0 Å². The smallest absolute Gasteiger partial charge is 0.0865 e. The van der Waals surface area contributed by atoms with Gasteiger partial charge in [-0.15, -0.1) is 0 Å². The van der Waals surface area contributed by atoms with Crippen LogP contribution < -0.4 is 0 Å². The van der Waals surface area contributed by atoms with Crippen molar-refractivity contribution in [2.75, 3.05) is 26.2 Å². The van der Waals surface area contributed by atoms with Crippen LogP contribution in [0.5, 0.6) is 0 Å². The molecule has 122 valence electrons. The molecule has 1 aliphatic heterocycles. The molecular weight excluding hydrogens is 282 g/mol. The molecule has 0 spiro atoms. The van der Waals surface area contributed by atoms with Gasteiger partial charge in [-0.2, -0.15) is 0 Å². The Morgan fingerprint density at radius 3 is 2.17 bits per heavy atom. The third kappa shape index (κ3) is 5.19. The number of ether oxygens (including phenoxy) is 1. The van der Waals surface area contributed by atoms with Crippen molar-refractivity contribution in [1.29, 1.82) is 0 Å². The van der Waals surface area contributed by atoms with Crippen molar-refractivity contribution < 1.29 is 4.74 Å². The largest absolute Gasteiger partial charge is 0.372 e. The number of rotatable bonds is 7. The first-order valence-electron chi connectivity index (χ1n) is 8.84. The van der Waals surface area contributed by atoms with Crippen LogP contribution in [0.4, 0.5) is 0 Å². The predicted molar refractivity (Wildman–Crippen MR) is 95.6 cm³/mol. The molecule has 0 amide bonds. The van der Waals surface area contributed by atoms with Crippen LogP contribution in [0.1, 0.15) is 36.5 Å². The molecule has 1 saturated heterocycles. The normalized spacial score (nSPS) is 17.0. The minimum absolute atomic E-state index is 0.142. The summed E-state index contributed by atoms with van der Waals surface area (Å²) in [5.41, 5.74) is 2.61. The molecule has 0 radical (unpaired) electrons. The summed E-state index contributed by atoms with van der Waals surface area (Å²) in [5, 5.41) is 0. The summed E-state index contributed by atoms with van der Waals surface area (Å²) in [6.07, 6.45) is 5.14. The molecule has 23 heavy (non-hydrogen) atoms. The lowest BCUT2D eigenvalue weighted by molar-refractivity contribution is 0.0337. The molecule has 3 rings (SSSR count). The first kappa shape index (κ1) is 16.2. The van der Waals surface area contributed by atoms with Crippen molar-refractivity contribution in [3.63, 3.8) is 0 Å². The zero-order valence-corrected chi connectivity index (χ0v) is 13.9. The fraction of sp³-hybridized carbons (Fsp3) is 0.429. The minimum Gasteiger partial charge on any atom is -0.372 e. The fourth-order valence-corrected chi connectivity index (χ4v) is 3.28. The van der Waals surface area contributed by atoms with Gasteiger partial charge in [-0.05, 0) is 37.1 Å². The van der Waals surface area contributed by atoms with Crippen LogP contribution in [0, 0.1) is 0 Å². The van der Waals surface area contributed by atoms with E-state index in [0.29, 0.717) is 0 Å². The summed E-state index contributed by atoms with van der Waals surface area (Å²) in [6.45, 7) is 4.33. The summed E-state index contributed by atoms with van der Waals surface area (Å²) in [4.78, 5) is 2.54. The molecule has 2 aromatic rings. The van der Waals surface area contributed by atoms with Gasteiger partial charge in [0.25, 0.3) is 0 Å². The molecule has 2 aromatic carbocycles. The van der Waals surface area contributed by atoms with Crippen LogP contribution >= 0.6 is 0 Å². The zero-order chi connectivity index (χ0) is 15.7. The average Bonchev–Trinajstić information content (AvgIpc) is 2.63. The number of likely N-dealkylation sites (tertiary alicyclic amines) is 1. The van der Waals surface area contributed by atoms with Gasteiger partial charge in [0.15, 0.2) is 0 Å². The van der Waals surface area contributed by atoms with E-state index in [1.165, 1.54) is 43.5 Å². The van der Waals surface area contributed by atoms with Crippen LogP contribution in [-0.2, 0) is 11.2 Å². The molecule has 0 saturated carbocycles. The SMILES string of the molecule is c1ccc(CC(OCCN2CCCCC2)c2ccccc2)cc1. The molecule has 0 N–H and O–H groups in total. The van der Waals surface area contributed by atoms with Gasteiger partial charge in [-0.1, -0.05) is 67.1 Å². The van der Waals surface area contributed by atoms with Crippen LogP contribution in [0.25, 0.3) is 0 Å². The van der Waals surface area contributed by atoms with E-state index in [1.807, 2.05) is 0 Å². The average molecular weight is 309 g/mol. The number of nitrogens with zero attached hydrogens (tertiary/aromatic N) is 1. The third-order valence-electron chi connectivity index (χ3n) is 4.61. The van der Waals surface area contributed by atoms with E-state index in [9.17, 15) is 0 Å². The second kappa shape index (κ2) is 8.85. The molecular formula is C21H27NO. The third-order valence-corrected chi connectivity index (χ3v) is 4.61. The van der Waals surface area contributed by atoms with Gasteiger partial charge in [-0.3, -0.25) is 0 Å². The highest BCUT2D eigenvalue weighted by Crippen LogP contribution is 2.22. The molecule has 1 aliphatic rings. The Labute approximate surface area is 140 Å². The Morgan fingerprint density at radius 2 is 1.48 bits per heavy atom. The number of benzene rings is 2. The van der Waals surface area contributed by atoms with Gasteiger partial charge in [0.05, 0.1) is 12.7 Å². The topological polar surface area (TPSA) is 12.5 Å². The first-order valence-corrected chi connectivity index (χ1v) is 8.84. The van der Waals surface area contributed by atoms with E-state index in [0.717, 1.165) is 19.6 Å². The second-order valence-electron chi connectivity index (χ2n) is 6.36. The molecule has 0 aromatic heterocycles. The van der Waals surface area contributed by atoms with Gasteiger partial charge < -0.3 is 9.64 Å². The fourth-order valence-electron chi connectivity index (χ4n) is 3.28. The summed E-state index contributed by atoms with van der Waals surface area (Å²) < 4.78 is 6.29. The van der Waals surface area contributed by atoms with Crippen LogP contribution in [-0.4, -0.2) is 31.1 Å². The Hall–Kier alpha value is -1.64. The molecule has 2 heteroatoms.